The van der Waals surface area contributed by atoms with Crippen LogP contribution >= 0.6 is 0 Å². The van der Waals surface area contributed by atoms with Gasteiger partial charge in [-0.25, -0.2) is 18.6 Å². The van der Waals surface area contributed by atoms with Gasteiger partial charge in [0.1, 0.15) is 17.2 Å². The van der Waals surface area contributed by atoms with Gasteiger partial charge in [0.05, 0.1) is 28.8 Å². The molecule has 2 saturated heterocycles. The molecule has 11 heteroatoms. The number of likely N-dealkylation sites (tertiary alicyclic amines) is 1. The van der Waals surface area contributed by atoms with E-state index in [4.69, 9.17) is 14.2 Å². The Balaban J connectivity index is 1.45. The average molecular weight is 578 g/mol. The molecule has 6 rings (SSSR count). The van der Waals surface area contributed by atoms with Crippen LogP contribution in [0.2, 0.25) is 0 Å². The van der Waals surface area contributed by atoms with Gasteiger partial charge in [-0.2, -0.15) is 0 Å². The molecule has 1 unspecified atom stereocenters. The maximum absolute atomic E-state index is 14.3. The first-order valence-electron chi connectivity index (χ1n) is 14.1. The number of carbonyl (C=O) groups excluding carboxylic acids is 2. The van der Waals surface area contributed by atoms with E-state index in [1.807, 2.05) is 52.8 Å². The Morgan fingerprint density at radius 1 is 1.07 bits per heavy atom. The van der Waals surface area contributed by atoms with Crippen LogP contribution < -0.4 is 4.90 Å². The van der Waals surface area contributed by atoms with Gasteiger partial charge in [-0.3, -0.25) is 4.79 Å². The topological polar surface area (TPSA) is 93.7 Å². The van der Waals surface area contributed by atoms with Gasteiger partial charge in [-0.15, -0.1) is 0 Å². The number of hydrogen-bond acceptors (Lipinski definition) is 6. The van der Waals surface area contributed by atoms with Gasteiger partial charge in [0.15, 0.2) is 11.6 Å². The summed E-state index contributed by atoms with van der Waals surface area (Å²) in [5.41, 5.74) is 3.77. The summed E-state index contributed by atoms with van der Waals surface area (Å²) < 4.78 is 41.2. The Morgan fingerprint density at radius 3 is 2.55 bits per heavy atom. The summed E-state index contributed by atoms with van der Waals surface area (Å²) in [6.07, 6.45) is 0.984. The third kappa shape index (κ3) is 4.90. The molecule has 2 amide bonds. The normalized spacial score (nSPS) is 19.4. The van der Waals surface area contributed by atoms with Gasteiger partial charge in [0.25, 0.3) is 0 Å². The van der Waals surface area contributed by atoms with E-state index < -0.39 is 23.3 Å². The van der Waals surface area contributed by atoms with Crippen LogP contribution in [0.4, 0.5) is 19.3 Å². The zero-order valence-electron chi connectivity index (χ0n) is 24.3. The van der Waals surface area contributed by atoms with Gasteiger partial charge in [0.2, 0.25) is 5.91 Å². The molecule has 9 nitrogen and oxygen atoms in total. The lowest BCUT2D eigenvalue weighted by atomic mass is 10.0. The second-order valence-electron chi connectivity index (χ2n) is 12.0. The largest absolute Gasteiger partial charge is 0.444 e. The molecule has 4 heterocycles. The molecule has 4 aromatic rings. The number of nitrogens with zero attached hydrogens (tertiary/aromatic N) is 5. The van der Waals surface area contributed by atoms with Crippen LogP contribution in [0.5, 0.6) is 0 Å². The molecule has 0 spiro atoms. The standard InChI is InChI=1S/C31H33F2N5O4/c1-17-28(18(2)42-35-17)19-6-9-25-24(14-19)34-29(38(25)21-12-13-36(16-21)30(40)41-31(3,4)5)26-10-11-27(39)37(26)20-7-8-22(32)23(33)15-20/h6-9,14-15,21,26H,10-13,16H2,1-5H3/t21?,26-/m0/s1. The van der Waals surface area contributed by atoms with Crippen LogP contribution in [-0.4, -0.2) is 50.3 Å². The number of fused-ring (bicyclic) bond motifs is 1. The number of amides is 2. The number of imidazole rings is 1. The Bertz CT molecular complexity index is 1690. The molecule has 0 radical (unpaired) electrons. The summed E-state index contributed by atoms with van der Waals surface area (Å²) in [5.74, 6) is -0.863. The van der Waals surface area contributed by atoms with Crippen LogP contribution in [0, 0.1) is 25.5 Å². The van der Waals surface area contributed by atoms with Crippen molar-refractivity contribution in [3.05, 3.63) is 65.3 Å². The third-order valence-corrected chi connectivity index (χ3v) is 7.91. The van der Waals surface area contributed by atoms with Gasteiger partial charge in [-0.05, 0) is 77.3 Å². The molecule has 0 saturated carbocycles. The van der Waals surface area contributed by atoms with Crippen molar-refractivity contribution in [1.29, 1.82) is 0 Å². The average Bonchev–Trinajstić information content (AvgIpc) is 3.69. The number of carbonyl (C=O) groups is 2. The summed E-state index contributed by atoms with van der Waals surface area (Å²) in [5, 5.41) is 4.09. The van der Waals surface area contributed by atoms with E-state index in [1.54, 1.807) is 4.90 Å². The first-order valence-corrected chi connectivity index (χ1v) is 14.1. The molecule has 2 aliphatic rings. The summed E-state index contributed by atoms with van der Waals surface area (Å²) in [7, 11) is 0. The fourth-order valence-corrected chi connectivity index (χ4v) is 6.12. The number of hydrogen-bond donors (Lipinski definition) is 0. The number of benzene rings is 2. The highest BCUT2D eigenvalue weighted by Crippen LogP contribution is 2.41. The first kappa shape index (κ1) is 27.9. The number of halogens is 2. The molecular formula is C31H33F2N5O4. The van der Waals surface area contributed by atoms with Gasteiger partial charge in [-0.1, -0.05) is 11.2 Å². The molecule has 0 aliphatic carbocycles. The fourth-order valence-electron chi connectivity index (χ4n) is 6.12. The Labute approximate surface area is 242 Å². The second kappa shape index (κ2) is 10.2. The summed E-state index contributed by atoms with van der Waals surface area (Å²) in [4.78, 5) is 34.3. The Hall–Kier alpha value is -4.28. The SMILES string of the molecule is Cc1noc(C)c1-c1ccc2c(c1)nc([C@@H]1CCC(=O)N1c1ccc(F)c(F)c1)n2C1CCN(C(=O)OC(C)(C)C)C1. The van der Waals surface area contributed by atoms with Crippen LogP contribution in [-0.2, 0) is 9.53 Å². The molecule has 2 fully saturated rings. The van der Waals surface area contributed by atoms with Crippen molar-refractivity contribution >= 4 is 28.7 Å². The lowest BCUT2D eigenvalue weighted by Gasteiger charge is -2.28. The number of aryl methyl sites for hydroxylation is 2. The van der Waals surface area contributed by atoms with E-state index in [1.165, 1.54) is 11.0 Å². The second-order valence-corrected chi connectivity index (χ2v) is 12.0. The Kier molecular flexibility index (Phi) is 6.78. The number of anilines is 1. The number of aromatic nitrogens is 3. The zero-order valence-corrected chi connectivity index (χ0v) is 24.3. The molecule has 220 valence electrons. The minimum Gasteiger partial charge on any atom is -0.444 e. The molecule has 42 heavy (non-hydrogen) atoms. The first-order chi connectivity index (χ1) is 19.9. The van der Waals surface area contributed by atoms with E-state index in [2.05, 4.69) is 9.72 Å². The van der Waals surface area contributed by atoms with Crippen molar-refractivity contribution in [1.82, 2.24) is 19.6 Å². The van der Waals surface area contributed by atoms with Crippen LogP contribution in [0.3, 0.4) is 0 Å². The van der Waals surface area contributed by atoms with Crippen molar-refractivity contribution in [2.45, 2.75) is 71.6 Å². The van der Waals surface area contributed by atoms with E-state index >= 15 is 0 Å². The molecular weight excluding hydrogens is 544 g/mol. The molecule has 2 aromatic carbocycles. The predicted molar refractivity (Wildman–Crippen MR) is 152 cm³/mol. The van der Waals surface area contributed by atoms with E-state index in [-0.39, 0.29) is 30.2 Å². The maximum atomic E-state index is 14.3. The van der Waals surface area contributed by atoms with Gasteiger partial charge >= 0.3 is 6.09 Å². The zero-order chi connectivity index (χ0) is 29.9. The van der Waals surface area contributed by atoms with Gasteiger partial charge in [0, 0.05) is 36.8 Å². The van der Waals surface area contributed by atoms with E-state index in [0.29, 0.717) is 43.0 Å². The van der Waals surface area contributed by atoms with Crippen LogP contribution in [0.15, 0.2) is 40.9 Å². The molecule has 0 bridgehead atoms. The van der Waals surface area contributed by atoms with Gasteiger partial charge < -0.3 is 23.6 Å². The molecule has 2 aromatic heterocycles. The summed E-state index contributed by atoms with van der Waals surface area (Å²) >= 11 is 0. The lowest BCUT2D eigenvalue weighted by molar-refractivity contribution is -0.117. The van der Waals surface area contributed by atoms with Crippen molar-refractivity contribution in [2.75, 3.05) is 18.0 Å². The van der Waals surface area contributed by atoms with E-state index in [9.17, 15) is 18.4 Å². The highest BCUT2D eigenvalue weighted by molar-refractivity contribution is 5.96. The van der Waals surface area contributed by atoms with Crippen molar-refractivity contribution in [3.63, 3.8) is 0 Å². The minimum atomic E-state index is -1.02. The fraction of sp³-hybridized carbons (Fsp3) is 0.419. The maximum Gasteiger partial charge on any atom is 0.410 e. The number of ether oxygens (including phenoxy) is 1. The summed E-state index contributed by atoms with van der Waals surface area (Å²) in [6, 6.07) is 8.80. The third-order valence-electron chi connectivity index (χ3n) is 7.91. The molecule has 0 N–H and O–H groups in total. The van der Waals surface area contributed by atoms with Crippen molar-refractivity contribution in [3.8, 4) is 11.1 Å². The van der Waals surface area contributed by atoms with E-state index in [0.717, 1.165) is 34.5 Å². The van der Waals surface area contributed by atoms with Crippen LogP contribution in [0.25, 0.3) is 22.2 Å². The number of rotatable bonds is 4. The highest BCUT2D eigenvalue weighted by atomic mass is 19.2. The monoisotopic (exact) mass is 577 g/mol. The van der Waals surface area contributed by atoms with Crippen LogP contribution in [0.1, 0.15) is 69.4 Å². The van der Waals surface area contributed by atoms with Crippen molar-refractivity contribution in [2.24, 2.45) is 0 Å². The van der Waals surface area contributed by atoms with Crippen molar-refractivity contribution < 1.29 is 27.6 Å². The predicted octanol–water partition coefficient (Wildman–Crippen LogP) is 6.64. The minimum absolute atomic E-state index is 0.134. The molecule has 2 aliphatic heterocycles. The molecule has 2 atom stereocenters. The smallest absolute Gasteiger partial charge is 0.410 e. The highest BCUT2D eigenvalue weighted by Gasteiger charge is 2.40. The summed E-state index contributed by atoms with van der Waals surface area (Å²) in [6.45, 7) is 10.2. The lowest BCUT2D eigenvalue weighted by Crippen LogP contribution is -2.35. The Morgan fingerprint density at radius 2 is 1.86 bits per heavy atom. The quantitative estimate of drug-likeness (QED) is 0.270.